The second-order valence-electron chi connectivity index (χ2n) is 5.12. The summed E-state index contributed by atoms with van der Waals surface area (Å²) >= 11 is 6.02. The fourth-order valence-corrected chi connectivity index (χ4v) is 3.94. The average Bonchev–Trinajstić information content (AvgIpc) is 2.47. The van der Waals surface area contributed by atoms with E-state index in [9.17, 15) is 13.2 Å². The molecule has 0 aliphatic carbocycles. The summed E-state index contributed by atoms with van der Waals surface area (Å²) in [6, 6.07) is 4.11. The molecule has 22 heavy (non-hydrogen) atoms. The summed E-state index contributed by atoms with van der Waals surface area (Å²) in [4.78, 5) is 11.8. The monoisotopic (exact) mass is 347 g/mol. The molecular weight excluding hydrogens is 330 g/mol. The molecule has 1 aliphatic rings. The zero-order valence-corrected chi connectivity index (χ0v) is 14.0. The van der Waals surface area contributed by atoms with Crippen LogP contribution in [0.25, 0.3) is 0 Å². The third-order valence-electron chi connectivity index (χ3n) is 3.10. The quantitative estimate of drug-likeness (QED) is 0.778. The first kappa shape index (κ1) is 17.2. The minimum absolute atomic E-state index is 0.0765. The van der Waals surface area contributed by atoms with E-state index in [1.807, 2.05) is 0 Å². The molecule has 0 unspecified atom stereocenters. The van der Waals surface area contributed by atoms with Gasteiger partial charge in [-0.3, -0.25) is 0 Å². The molecule has 1 fully saturated rings. The molecule has 8 heteroatoms. The van der Waals surface area contributed by atoms with Gasteiger partial charge >= 0.3 is 5.97 Å². The largest absolute Gasteiger partial charge is 0.459 e. The number of morpholine rings is 1. The smallest absolute Gasteiger partial charge is 0.338 e. The van der Waals surface area contributed by atoms with Gasteiger partial charge in [-0.15, -0.1) is 0 Å². The van der Waals surface area contributed by atoms with E-state index in [0.29, 0.717) is 13.2 Å². The molecule has 0 aromatic heterocycles. The van der Waals surface area contributed by atoms with Crippen LogP contribution in [0.4, 0.5) is 0 Å². The van der Waals surface area contributed by atoms with Crippen molar-refractivity contribution in [2.75, 3.05) is 26.3 Å². The van der Waals surface area contributed by atoms with Gasteiger partial charge in [0, 0.05) is 13.1 Å². The van der Waals surface area contributed by atoms with Gasteiger partial charge in [0.15, 0.2) is 0 Å². The van der Waals surface area contributed by atoms with Crippen molar-refractivity contribution >= 4 is 27.6 Å². The van der Waals surface area contributed by atoms with Gasteiger partial charge in [0.25, 0.3) is 0 Å². The highest BCUT2D eigenvalue weighted by atomic mass is 35.5. The molecule has 0 bridgehead atoms. The molecule has 0 saturated carbocycles. The van der Waals surface area contributed by atoms with E-state index < -0.39 is 16.0 Å². The number of nitrogens with zero attached hydrogens (tertiary/aromatic N) is 1. The highest BCUT2D eigenvalue weighted by Crippen LogP contribution is 2.26. The van der Waals surface area contributed by atoms with Crippen molar-refractivity contribution in [2.45, 2.75) is 24.8 Å². The van der Waals surface area contributed by atoms with Crippen LogP contribution < -0.4 is 0 Å². The van der Waals surface area contributed by atoms with Crippen LogP contribution in [0.15, 0.2) is 23.1 Å². The second kappa shape index (κ2) is 6.95. The summed E-state index contributed by atoms with van der Waals surface area (Å²) in [5.41, 5.74) is 0.157. The lowest BCUT2D eigenvalue weighted by molar-refractivity contribution is 0.0377. The number of halogens is 1. The third kappa shape index (κ3) is 3.78. The molecule has 1 heterocycles. The van der Waals surface area contributed by atoms with Crippen molar-refractivity contribution in [3.63, 3.8) is 0 Å². The van der Waals surface area contributed by atoms with Crippen molar-refractivity contribution in [1.82, 2.24) is 4.31 Å². The molecule has 0 atom stereocenters. The molecule has 0 radical (unpaired) electrons. The number of carbonyl (C=O) groups is 1. The summed E-state index contributed by atoms with van der Waals surface area (Å²) in [7, 11) is -3.76. The number of carbonyl (C=O) groups excluding carboxylic acids is 1. The fraction of sp³-hybridized carbons (Fsp3) is 0.500. The fourth-order valence-electron chi connectivity index (χ4n) is 2.04. The van der Waals surface area contributed by atoms with Crippen LogP contribution in [0.5, 0.6) is 0 Å². The predicted octanol–water partition coefficient (Wildman–Crippen LogP) is 1.93. The first-order valence-electron chi connectivity index (χ1n) is 6.91. The van der Waals surface area contributed by atoms with Gasteiger partial charge in [0.05, 0.1) is 29.9 Å². The van der Waals surface area contributed by atoms with E-state index in [1.54, 1.807) is 13.8 Å². The van der Waals surface area contributed by atoms with E-state index >= 15 is 0 Å². The summed E-state index contributed by atoms with van der Waals surface area (Å²) in [6.07, 6.45) is -0.289. The number of benzene rings is 1. The van der Waals surface area contributed by atoms with E-state index in [4.69, 9.17) is 21.1 Å². The lowest BCUT2D eigenvalue weighted by Gasteiger charge is -2.26. The molecule has 0 spiro atoms. The van der Waals surface area contributed by atoms with Crippen LogP contribution in [0.2, 0.25) is 5.02 Å². The van der Waals surface area contributed by atoms with E-state index in [-0.39, 0.29) is 34.7 Å². The van der Waals surface area contributed by atoms with Crippen molar-refractivity contribution in [3.05, 3.63) is 28.8 Å². The number of hydrogen-bond acceptors (Lipinski definition) is 5. The van der Waals surface area contributed by atoms with Gasteiger partial charge in [-0.1, -0.05) is 11.6 Å². The summed E-state index contributed by atoms with van der Waals surface area (Å²) in [6.45, 7) is 4.65. The molecule has 1 saturated heterocycles. The van der Waals surface area contributed by atoms with Crippen LogP contribution in [0, 0.1) is 0 Å². The highest BCUT2D eigenvalue weighted by Gasteiger charge is 2.29. The van der Waals surface area contributed by atoms with Crippen LogP contribution in [-0.4, -0.2) is 51.1 Å². The minimum Gasteiger partial charge on any atom is -0.459 e. The normalized spacial score (nSPS) is 16.7. The molecule has 6 nitrogen and oxygen atoms in total. The van der Waals surface area contributed by atoms with Crippen molar-refractivity contribution in [2.24, 2.45) is 0 Å². The summed E-state index contributed by atoms with van der Waals surface area (Å²) in [5.74, 6) is -0.579. The van der Waals surface area contributed by atoms with Gasteiger partial charge in [0.2, 0.25) is 10.0 Å². The second-order valence-corrected chi connectivity index (χ2v) is 7.43. The molecule has 0 amide bonds. The Morgan fingerprint density at radius 2 is 1.95 bits per heavy atom. The Morgan fingerprint density at radius 3 is 2.55 bits per heavy atom. The zero-order chi connectivity index (χ0) is 16.3. The first-order chi connectivity index (χ1) is 10.3. The van der Waals surface area contributed by atoms with Gasteiger partial charge < -0.3 is 9.47 Å². The highest BCUT2D eigenvalue weighted by molar-refractivity contribution is 7.89. The number of esters is 1. The molecule has 1 aliphatic heterocycles. The Bertz CT molecular complexity index is 653. The molecule has 1 aromatic carbocycles. The number of sulfonamides is 1. The van der Waals surface area contributed by atoms with Gasteiger partial charge in [-0.2, -0.15) is 4.31 Å². The van der Waals surface area contributed by atoms with Gasteiger partial charge in [0.1, 0.15) is 4.90 Å². The Balaban J connectivity index is 2.35. The molecule has 1 aromatic rings. The predicted molar refractivity (Wildman–Crippen MR) is 81.6 cm³/mol. The lowest BCUT2D eigenvalue weighted by Crippen LogP contribution is -2.40. The maximum absolute atomic E-state index is 12.6. The van der Waals surface area contributed by atoms with Crippen LogP contribution in [0.1, 0.15) is 24.2 Å². The number of rotatable bonds is 4. The van der Waals surface area contributed by atoms with Gasteiger partial charge in [-0.25, -0.2) is 13.2 Å². The topological polar surface area (TPSA) is 72.9 Å². The summed E-state index contributed by atoms with van der Waals surface area (Å²) < 4.78 is 36.8. The van der Waals surface area contributed by atoms with Crippen molar-refractivity contribution in [1.29, 1.82) is 0 Å². The SMILES string of the molecule is CC(C)OC(=O)c1ccc(Cl)c(S(=O)(=O)N2CCOCC2)c1. The van der Waals surface area contributed by atoms with Crippen LogP contribution >= 0.6 is 11.6 Å². The summed E-state index contributed by atoms with van der Waals surface area (Å²) in [5, 5.41) is 0.0765. The Labute approximate surface area is 135 Å². The Hall–Kier alpha value is -1.15. The Morgan fingerprint density at radius 1 is 1.32 bits per heavy atom. The standard InChI is InChI=1S/C14H18ClNO5S/c1-10(2)21-14(17)11-3-4-12(15)13(9-11)22(18,19)16-5-7-20-8-6-16/h3-4,9-10H,5-8H2,1-2H3. The lowest BCUT2D eigenvalue weighted by atomic mass is 10.2. The van der Waals surface area contributed by atoms with Gasteiger partial charge in [-0.05, 0) is 32.0 Å². The van der Waals surface area contributed by atoms with E-state index in [2.05, 4.69) is 0 Å². The average molecular weight is 348 g/mol. The number of hydrogen-bond donors (Lipinski definition) is 0. The van der Waals surface area contributed by atoms with E-state index in [1.165, 1.54) is 22.5 Å². The number of ether oxygens (including phenoxy) is 2. The zero-order valence-electron chi connectivity index (χ0n) is 12.4. The molecular formula is C14H18ClNO5S. The molecule has 0 N–H and O–H groups in total. The Kier molecular flexibility index (Phi) is 5.44. The van der Waals surface area contributed by atoms with Crippen LogP contribution in [-0.2, 0) is 19.5 Å². The maximum Gasteiger partial charge on any atom is 0.338 e. The van der Waals surface area contributed by atoms with E-state index in [0.717, 1.165) is 0 Å². The van der Waals surface area contributed by atoms with Crippen molar-refractivity contribution < 1.29 is 22.7 Å². The van der Waals surface area contributed by atoms with Crippen molar-refractivity contribution in [3.8, 4) is 0 Å². The minimum atomic E-state index is -3.76. The molecule has 122 valence electrons. The van der Waals surface area contributed by atoms with Crippen LogP contribution in [0.3, 0.4) is 0 Å². The first-order valence-corrected chi connectivity index (χ1v) is 8.72. The maximum atomic E-state index is 12.6. The third-order valence-corrected chi connectivity index (χ3v) is 5.48. The molecule has 2 rings (SSSR count).